The highest BCUT2D eigenvalue weighted by Crippen LogP contribution is 2.66. The van der Waals surface area contributed by atoms with E-state index < -0.39 is 17.0 Å². The molecule has 5 fully saturated rings. The van der Waals surface area contributed by atoms with Crippen LogP contribution in [0.5, 0.6) is 0 Å². The molecule has 0 bridgehead atoms. The van der Waals surface area contributed by atoms with Crippen molar-refractivity contribution in [1.29, 1.82) is 0 Å². The number of ketones is 1. The number of halogens is 1. The standard InChI is InChI=1S/C30H49FO/c1-3-21-5-9-23(10-6-21)25-13-17-29(18-14-25)27(31)30(28(29)32)19-15-26(16-20-30)24-11-7-22(4-2)8-12-24/h21-27H,3-20H2,1-2H3. The fraction of sp³-hybridized carbons (Fsp3) is 0.967. The summed E-state index contributed by atoms with van der Waals surface area (Å²) in [6.07, 6.45) is 20.9. The quantitative estimate of drug-likeness (QED) is 0.424. The summed E-state index contributed by atoms with van der Waals surface area (Å²) >= 11 is 0. The first-order valence-corrected chi connectivity index (χ1v) is 14.7. The smallest absolute Gasteiger partial charge is 0.151 e. The Bertz CT molecular complexity index is 584. The molecule has 5 aliphatic carbocycles. The summed E-state index contributed by atoms with van der Waals surface area (Å²) in [4.78, 5) is 13.6. The Kier molecular flexibility index (Phi) is 6.81. The van der Waals surface area contributed by atoms with E-state index in [-0.39, 0.29) is 0 Å². The molecule has 2 heteroatoms. The predicted octanol–water partition coefficient (Wildman–Crippen LogP) is 8.69. The van der Waals surface area contributed by atoms with Gasteiger partial charge in [-0.05, 0) is 113 Å². The zero-order chi connectivity index (χ0) is 22.3. The molecule has 0 aromatic carbocycles. The summed E-state index contributed by atoms with van der Waals surface area (Å²) in [5.41, 5.74) is -1.13. The van der Waals surface area contributed by atoms with Crippen LogP contribution in [0.25, 0.3) is 0 Å². The van der Waals surface area contributed by atoms with E-state index in [4.69, 9.17) is 0 Å². The fourth-order valence-electron chi connectivity index (χ4n) is 9.53. The maximum atomic E-state index is 16.0. The Balaban J connectivity index is 1.13. The monoisotopic (exact) mass is 444 g/mol. The number of carbonyl (C=O) groups excluding carboxylic acids is 1. The molecule has 0 aromatic heterocycles. The molecule has 0 atom stereocenters. The van der Waals surface area contributed by atoms with Crippen molar-refractivity contribution in [1.82, 2.24) is 0 Å². The van der Waals surface area contributed by atoms with Crippen molar-refractivity contribution in [3.8, 4) is 0 Å². The first-order chi connectivity index (χ1) is 15.5. The van der Waals surface area contributed by atoms with Gasteiger partial charge in [-0.15, -0.1) is 0 Å². The second-order valence-electron chi connectivity index (χ2n) is 13.1. The SMILES string of the molecule is CCC1CCC(C2CCC3(CC2)C(=O)C2(CCC(C4CCC(CC)CC4)CC2)C3F)CC1. The van der Waals surface area contributed by atoms with Crippen LogP contribution in [-0.4, -0.2) is 12.0 Å². The number of hydrogen-bond donors (Lipinski definition) is 0. The van der Waals surface area contributed by atoms with Crippen LogP contribution < -0.4 is 0 Å². The number of hydrogen-bond acceptors (Lipinski definition) is 1. The van der Waals surface area contributed by atoms with Gasteiger partial charge in [-0.3, -0.25) is 4.79 Å². The first kappa shape index (κ1) is 23.3. The lowest BCUT2D eigenvalue weighted by atomic mass is 9.41. The van der Waals surface area contributed by atoms with Crippen molar-refractivity contribution in [2.75, 3.05) is 0 Å². The van der Waals surface area contributed by atoms with E-state index in [0.717, 1.165) is 86.9 Å². The van der Waals surface area contributed by atoms with Gasteiger partial charge in [-0.25, -0.2) is 4.39 Å². The van der Waals surface area contributed by atoms with Crippen LogP contribution in [0.1, 0.15) is 129 Å². The highest BCUT2D eigenvalue weighted by molar-refractivity contribution is 5.98. The molecule has 0 saturated heterocycles. The zero-order valence-corrected chi connectivity index (χ0v) is 21.1. The topological polar surface area (TPSA) is 17.1 Å². The summed E-state index contributed by atoms with van der Waals surface area (Å²) in [5.74, 6) is 5.51. The summed E-state index contributed by atoms with van der Waals surface area (Å²) in [7, 11) is 0. The van der Waals surface area contributed by atoms with E-state index in [0.29, 0.717) is 5.78 Å². The molecule has 0 amide bonds. The van der Waals surface area contributed by atoms with Crippen molar-refractivity contribution in [2.24, 2.45) is 46.3 Å². The summed E-state index contributed by atoms with van der Waals surface area (Å²) in [5, 5.41) is 0. The average Bonchev–Trinajstić information content (AvgIpc) is 2.88. The highest BCUT2D eigenvalue weighted by atomic mass is 19.1. The van der Waals surface area contributed by atoms with Crippen LogP contribution in [0.4, 0.5) is 4.39 Å². The average molecular weight is 445 g/mol. The van der Waals surface area contributed by atoms with E-state index in [2.05, 4.69) is 13.8 Å². The predicted molar refractivity (Wildman–Crippen MR) is 130 cm³/mol. The van der Waals surface area contributed by atoms with Crippen LogP contribution >= 0.6 is 0 Å². The van der Waals surface area contributed by atoms with Crippen molar-refractivity contribution in [2.45, 2.75) is 136 Å². The fourth-order valence-corrected chi connectivity index (χ4v) is 9.53. The maximum absolute atomic E-state index is 16.0. The van der Waals surface area contributed by atoms with Crippen LogP contribution in [0.2, 0.25) is 0 Å². The van der Waals surface area contributed by atoms with Gasteiger partial charge >= 0.3 is 0 Å². The number of Topliss-reactive ketones (excluding diaryl/α,β-unsaturated/α-hetero) is 1. The number of rotatable bonds is 4. The normalized spacial score (nSPS) is 49.8. The van der Waals surface area contributed by atoms with Crippen molar-refractivity contribution >= 4 is 5.78 Å². The van der Waals surface area contributed by atoms with Gasteiger partial charge < -0.3 is 0 Å². The highest BCUT2D eigenvalue weighted by Gasteiger charge is 2.71. The Hall–Kier alpha value is -0.400. The summed E-state index contributed by atoms with van der Waals surface area (Å²) in [6.45, 7) is 4.66. The molecule has 5 rings (SSSR count). The zero-order valence-electron chi connectivity index (χ0n) is 21.1. The van der Waals surface area contributed by atoms with Gasteiger partial charge in [0.1, 0.15) is 6.17 Å². The van der Waals surface area contributed by atoms with Crippen LogP contribution in [0, 0.1) is 46.3 Å². The van der Waals surface area contributed by atoms with Gasteiger partial charge in [0, 0.05) is 0 Å². The molecule has 32 heavy (non-hydrogen) atoms. The van der Waals surface area contributed by atoms with E-state index in [1.807, 2.05) is 0 Å². The molecule has 182 valence electrons. The van der Waals surface area contributed by atoms with Crippen LogP contribution in [0.15, 0.2) is 0 Å². The van der Waals surface area contributed by atoms with E-state index in [1.54, 1.807) is 0 Å². The molecule has 1 nitrogen and oxygen atoms in total. The molecule has 0 N–H and O–H groups in total. The van der Waals surface area contributed by atoms with Crippen LogP contribution in [-0.2, 0) is 4.79 Å². The Morgan fingerprint density at radius 3 is 1.19 bits per heavy atom. The lowest BCUT2D eigenvalue weighted by Crippen LogP contribution is -2.69. The minimum atomic E-state index is -0.837. The molecule has 0 aromatic rings. The summed E-state index contributed by atoms with van der Waals surface area (Å²) < 4.78 is 16.0. The number of carbonyl (C=O) groups is 1. The molecule has 0 heterocycles. The van der Waals surface area contributed by atoms with Crippen molar-refractivity contribution < 1.29 is 9.18 Å². The van der Waals surface area contributed by atoms with E-state index in [1.165, 1.54) is 64.2 Å². The minimum Gasteiger partial charge on any atom is -0.298 e. The second-order valence-corrected chi connectivity index (χ2v) is 13.1. The molecule has 0 radical (unpaired) electrons. The molecule has 0 unspecified atom stereocenters. The minimum absolute atomic E-state index is 0.374. The van der Waals surface area contributed by atoms with Gasteiger partial charge in [0.25, 0.3) is 0 Å². The van der Waals surface area contributed by atoms with Gasteiger partial charge in [-0.2, -0.15) is 0 Å². The Morgan fingerprint density at radius 2 is 0.906 bits per heavy atom. The lowest BCUT2D eigenvalue weighted by molar-refractivity contribution is -0.194. The molecule has 0 aliphatic heterocycles. The molecule has 2 spiro atoms. The Morgan fingerprint density at radius 1 is 0.594 bits per heavy atom. The lowest BCUT2D eigenvalue weighted by Gasteiger charge is -2.62. The Labute approximate surface area is 197 Å². The van der Waals surface area contributed by atoms with Gasteiger partial charge in [0.05, 0.1) is 10.8 Å². The second kappa shape index (κ2) is 9.33. The molecule has 5 aliphatic rings. The molecule has 5 saturated carbocycles. The van der Waals surface area contributed by atoms with Gasteiger partial charge in [0.15, 0.2) is 5.78 Å². The third-order valence-corrected chi connectivity index (χ3v) is 12.0. The van der Waals surface area contributed by atoms with Crippen molar-refractivity contribution in [3.63, 3.8) is 0 Å². The van der Waals surface area contributed by atoms with E-state index in [9.17, 15) is 4.79 Å². The third kappa shape index (κ3) is 3.82. The molecular weight excluding hydrogens is 395 g/mol. The van der Waals surface area contributed by atoms with E-state index >= 15 is 4.39 Å². The van der Waals surface area contributed by atoms with Crippen molar-refractivity contribution in [3.05, 3.63) is 0 Å². The largest absolute Gasteiger partial charge is 0.298 e. The maximum Gasteiger partial charge on any atom is 0.151 e. The van der Waals surface area contributed by atoms with Gasteiger partial charge in [-0.1, -0.05) is 52.4 Å². The first-order valence-electron chi connectivity index (χ1n) is 14.7. The van der Waals surface area contributed by atoms with Gasteiger partial charge in [0.2, 0.25) is 0 Å². The van der Waals surface area contributed by atoms with Crippen LogP contribution in [0.3, 0.4) is 0 Å². The third-order valence-electron chi connectivity index (χ3n) is 12.0. The summed E-state index contributed by atoms with van der Waals surface area (Å²) in [6, 6.07) is 0. The molecular formula is C30H49FO. The number of alkyl halides is 1.